The molecule has 68 heavy (non-hydrogen) atoms. The average Bonchev–Trinajstić information content (AvgIpc) is 3.94. The van der Waals surface area contributed by atoms with Crippen LogP contribution in [0, 0.1) is 0 Å². The Morgan fingerprint density at radius 3 is 1.74 bits per heavy atom. The van der Waals surface area contributed by atoms with Crippen molar-refractivity contribution in [1.29, 1.82) is 0 Å². The number of pyridine rings is 1. The van der Waals surface area contributed by atoms with Crippen molar-refractivity contribution in [2.75, 3.05) is 0 Å². The van der Waals surface area contributed by atoms with Gasteiger partial charge in [-0.05, 0) is 68.3 Å². The van der Waals surface area contributed by atoms with E-state index in [2.05, 4.69) is 265 Å². The van der Waals surface area contributed by atoms with Crippen molar-refractivity contribution in [1.82, 2.24) is 19.1 Å². The maximum absolute atomic E-state index is 7.22. The molecule has 0 aliphatic carbocycles. The molecule has 0 radical (unpaired) electrons. The monoisotopic (exact) mass is 888 g/mol. The second-order valence-electron chi connectivity index (χ2n) is 17.7. The van der Waals surface area contributed by atoms with Crippen LogP contribution in [-0.4, -0.2) is 27.2 Å². The second-order valence-corrected chi connectivity index (χ2v) is 21.5. The van der Waals surface area contributed by atoms with Crippen LogP contribution in [0.3, 0.4) is 0 Å². The first kappa shape index (κ1) is 39.8. The zero-order valence-electron chi connectivity index (χ0n) is 37.4. The first-order valence-electron chi connectivity index (χ1n) is 23.2. The topological polar surface area (TPSA) is 44.9 Å². The summed E-state index contributed by atoms with van der Waals surface area (Å²) in [7, 11) is -0.937. The molecule has 322 valence electrons. The minimum Gasteiger partial charge on any atom is -0.456 e. The van der Waals surface area contributed by atoms with Crippen molar-refractivity contribution in [2.24, 2.45) is 7.05 Å². The molecule has 1 aliphatic rings. The van der Waals surface area contributed by atoms with E-state index in [4.69, 9.17) is 14.7 Å². The number of imidazole rings is 1. The van der Waals surface area contributed by atoms with Gasteiger partial charge in [0.05, 0.1) is 27.4 Å². The average molecular weight is 889 g/mol. The van der Waals surface area contributed by atoms with Gasteiger partial charge in [-0.15, -0.1) is 0 Å². The number of hydrogen-bond donors (Lipinski definition) is 0. The Hall–Kier alpha value is -8.58. The molecule has 0 atom stereocenters. The molecule has 3 aromatic heterocycles. The van der Waals surface area contributed by atoms with Gasteiger partial charge in [0.1, 0.15) is 23.0 Å². The number of hydrogen-bond acceptors (Lipinski definition) is 3. The maximum atomic E-state index is 7.22. The summed E-state index contributed by atoms with van der Waals surface area (Å²) in [6.45, 7) is 0. The summed E-state index contributed by atoms with van der Waals surface area (Å²) in [5.74, 6) is 2.60. The third kappa shape index (κ3) is 5.81. The number of para-hydroxylation sites is 4. The Morgan fingerprint density at radius 2 is 1.04 bits per heavy atom. The summed E-state index contributed by atoms with van der Waals surface area (Å²) in [5.41, 5.74) is 9.83. The van der Waals surface area contributed by atoms with E-state index in [-0.39, 0.29) is 0 Å². The molecule has 0 saturated heterocycles. The van der Waals surface area contributed by atoms with Crippen molar-refractivity contribution in [3.8, 4) is 28.6 Å². The fourth-order valence-corrected chi connectivity index (χ4v) is 16.2. The number of rotatable bonds is 8. The van der Waals surface area contributed by atoms with Gasteiger partial charge < -0.3 is 9.30 Å². The van der Waals surface area contributed by atoms with E-state index >= 15 is 0 Å². The Morgan fingerprint density at radius 1 is 0.485 bits per heavy atom. The van der Waals surface area contributed by atoms with Gasteiger partial charge in [-0.3, -0.25) is 4.57 Å². The Kier molecular flexibility index (Phi) is 9.23. The molecule has 5 nitrogen and oxygen atoms in total. The molecule has 0 spiro atoms. The molecule has 0 saturated carbocycles. The van der Waals surface area contributed by atoms with E-state index in [1.54, 1.807) is 0 Å². The van der Waals surface area contributed by atoms with E-state index in [9.17, 15) is 0 Å². The quantitative estimate of drug-likeness (QED) is 0.113. The van der Waals surface area contributed by atoms with E-state index in [1.807, 2.05) is 0 Å². The summed E-state index contributed by atoms with van der Waals surface area (Å²) in [5, 5.41) is 7.19. The van der Waals surface area contributed by atoms with Crippen LogP contribution < -0.4 is 25.5 Å². The zero-order valence-corrected chi connectivity index (χ0v) is 38.4. The highest BCUT2D eigenvalue weighted by molar-refractivity contribution is 7.20. The lowest BCUT2D eigenvalue weighted by Crippen LogP contribution is -2.74. The van der Waals surface area contributed by atoms with Gasteiger partial charge in [-0.25, -0.2) is 9.97 Å². The van der Waals surface area contributed by atoms with Crippen LogP contribution in [-0.2, 0) is 12.5 Å². The van der Waals surface area contributed by atoms with Crippen molar-refractivity contribution < 1.29 is 4.74 Å². The fraction of sp³-hybridized carbons (Fsp3) is 0.0323. The molecule has 0 N–H and O–H groups in total. The number of aryl methyl sites for hydroxylation is 1. The first-order valence-corrected chi connectivity index (χ1v) is 25.2. The standard InChI is InChI=1S/C62H44N4OSi/c1-65-56-38-18-16-36-54(56)64-60(65)43-22-20-32-49(40-43)68(47-28-10-4-11-29-47,48-30-12-5-13-31-48)50-33-21-27-46(41-50)66-55-37-17-14-34-51(55)58-59-53(42-63-61(58)66)62(44-23-6-2-7-24-44,45-25-8-3-9-26-45)52-35-15-19-39-57(52)67-59/h2-42H,1H3. The molecule has 1 aliphatic heterocycles. The molecule has 13 rings (SSSR count). The number of nitrogens with zero attached hydrogens (tertiary/aromatic N) is 4. The van der Waals surface area contributed by atoms with Crippen LogP contribution in [0.2, 0.25) is 0 Å². The lowest BCUT2D eigenvalue weighted by atomic mass is 9.64. The third-order valence-electron chi connectivity index (χ3n) is 14.2. The summed E-state index contributed by atoms with van der Waals surface area (Å²) in [4.78, 5) is 10.7. The molecule has 9 aromatic carbocycles. The van der Waals surface area contributed by atoms with Gasteiger partial charge in [0, 0.05) is 41.0 Å². The first-order chi connectivity index (χ1) is 33.7. The van der Waals surface area contributed by atoms with E-state index < -0.39 is 13.5 Å². The van der Waals surface area contributed by atoms with E-state index in [0.717, 1.165) is 83.8 Å². The zero-order chi connectivity index (χ0) is 45.2. The van der Waals surface area contributed by atoms with Crippen LogP contribution in [0.1, 0.15) is 22.3 Å². The maximum Gasteiger partial charge on any atom is 0.179 e. The third-order valence-corrected chi connectivity index (χ3v) is 19.0. The highest BCUT2D eigenvalue weighted by Crippen LogP contribution is 2.57. The summed E-state index contributed by atoms with van der Waals surface area (Å²) >= 11 is 0. The van der Waals surface area contributed by atoms with E-state index in [0.29, 0.717) is 0 Å². The molecule has 0 amide bonds. The Balaban J connectivity index is 1.08. The van der Waals surface area contributed by atoms with Crippen LogP contribution >= 0.6 is 0 Å². The van der Waals surface area contributed by atoms with Crippen molar-refractivity contribution in [3.63, 3.8) is 0 Å². The Bertz CT molecular complexity index is 3770. The number of aromatic nitrogens is 4. The van der Waals surface area contributed by atoms with E-state index in [1.165, 1.54) is 20.7 Å². The number of fused-ring (bicyclic) bond motifs is 7. The summed E-state index contributed by atoms with van der Waals surface area (Å²) in [6, 6.07) is 87.8. The van der Waals surface area contributed by atoms with Crippen LogP contribution in [0.15, 0.2) is 249 Å². The molecule has 12 aromatic rings. The second kappa shape index (κ2) is 15.8. The van der Waals surface area contributed by atoms with Gasteiger partial charge in [0.15, 0.2) is 8.07 Å². The molecular weight excluding hydrogens is 845 g/mol. The smallest absolute Gasteiger partial charge is 0.179 e. The minimum absolute atomic E-state index is 0.691. The van der Waals surface area contributed by atoms with Gasteiger partial charge in [0.2, 0.25) is 0 Å². The fourth-order valence-electron chi connectivity index (χ4n) is 11.4. The lowest BCUT2D eigenvalue weighted by molar-refractivity contribution is 0.439. The molecule has 6 heteroatoms. The van der Waals surface area contributed by atoms with Crippen molar-refractivity contribution >= 4 is 61.8 Å². The van der Waals surface area contributed by atoms with Gasteiger partial charge in [-0.2, -0.15) is 0 Å². The van der Waals surface area contributed by atoms with Gasteiger partial charge >= 0.3 is 0 Å². The highest BCUT2D eigenvalue weighted by atomic mass is 28.3. The normalized spacial score (nSPS) is 13.0. The SMILES string of the molecule is Cn1c(-c2cccc([Si](c3ccccc3)(c3ccccc3)c3cccc(-n4c5ccccc5c5c6c(cnc54)C(c4ccccc4)(c4ccccc4)c4ccccc4O6)c3)c2)nc2ccccc21. The van der Waals surface area contributed by atoms with Gasteiger partial charge in [0.25, 0.3) is 0 Å². The molecule has 0 unspecified atom stereocenters. The predicted molar refractivity (Wildman–Crippen MR) is 280 cm³/mol. The molecule has 4 heterocycles. The number of benzene rings is 9. The largest absolute Gasteiger partial charge is 0.456 e. The summed E-state index contributed by atoms with van der Waals surface area (Å²) in [6.07, 6.45) is 2.08. The van der Waals surface area contributed by atoms with Gasteiger partial charge in [-0.1, -0.05) is 206 Å². The molecule has 0 fully saturated rings. The number of ether oxygens (including phenoxy) is 1. The van der Waals surface area contributed by atoms with Crippen molar-refractivity contribution in [2.45, 2.75) is 5.41 Å². The van der Waals surface area contributed by atoms with Crippen LogP contribution in [0.5, 0.6) is 11.5 Å². The summed E-state index contributed by atoms with van der Waals surface area (Å²) < 4.78 is 11.8. The van der Waals surface area contributed by atoms with Crippen LogP contribution in [0.4, 0.5) is 0 Å². The molecular formula is C62H44N4OSi. The minimum atomic E-state index is -3.05. The lowest BCUT2D eigenvalue weighted by Gasteiger charge is -2.41. The predicted octanol–water partition coefficient (Wildman–Crippen LogP) is 11.6. The van der Waals surface area contributed by atoms with Crippen LogP contribution in [0.25, 0.3) is 50.0 Å². The molecule has 0 bridgehead atoms. The van der Waals surface area contributed by atoms with Crippen molar-refractivity contribution in [3.05, 3.63) is 271 Å². The Labute approximate surface area is 395 Å². The highest BCUT2D eigenvalue weighted by Gasteiger charge is 2.47.